The van der Waals surface area contributed by atoms with Crippen LogP contribution in [-0.2, 0) is 32.8 Å². The van der Waals surface area contributed by atoms with Crippen LogP contribution in [-0.4, -0.2) is 125 Å². The zero-order chi connectivity index (χ0) is 53.0. The third kappa shape index (κ3) is 12.2. The van der Waals surface area contributed by atoms with Crippen molar-refractivity contribution in [2.24, 2.45) is 9.98 Å². The Kier molecular flexibility index (Phi) is 17.4. The third-order valence-corrected chi connectivity index (χ3v) is 12.6. The number of nitrogen functional groups attached to an aromatic ring is 5. The number of nitrogens with one attached hydrogen (secondary N) is 2. The van der Waals surface area contributed by atoms with Gasteiger partial charge in [0.2, 0.25) is 0 Å². The van der Waals surface area contributed by atoms with Crippen molar-refractivity contribution in [3.8, 4) is 17.2 Å². The molecule has 0 unspecified atom stereocenters. The lowest BCUT2D eigenvalue weighted by Crippen LogP contribution is -2.45. The number of anilines is 5. The van der Waals surface area contributed by atoms with Gasteiger partial charge in [0.1, 0.15) is 43.8 Å². The van der Waals surface area contributed by atoms with Gasteiger partial charge >= 0.3 is 0 Å². The first-order valence-corrected chi connectivity index (χ1v) is 24.7. The maximum atomic E-state index is 12.4. The van der Waals surface area contributed by atoms with E-state index in [1.807, 2.05) is 0 Å². The number of hydrogen-bond donors (Lipinski definition) is 11. The second kappa shape index (κ2) is 22.4. The smallest absolute Gasteiger partial charge is 0.294 e. The minimum atomic E-state index is -3.67. The van der Waals surface area contributed by atoms with E-state index in [1.54, 1.807) is 64.4 Å². The average Bonchev–Trinajstić information content (AvgIpc) is 3.82. The average molecular weight is 1070 g/mol. The molecule has 4 aromatic rings. The largest absolute Gasteiger partial charge is 0.506 e. The van der Waals surface area contributed by atoms with Crippen molar-refractivity contribution in [1.82, 2.24) is 29.4 Å². The third-order valence-electron chi connectivity index (χ3n) is 11.4. The standard InChI is InChI=1S/2C14H16ClN5O2.C7H8ClNO.C7H12N4O.CH4O3S/c2*1-7-6-8(10(16)9(15)12(7)21)18-11-13(17)19-4-2-3-5-20(19)14(11)22;1-4-2-3-5(9)6(8)7(4)10;8-5-6(9)10-3-1-2-4-11(10)7(5)12;1-5(2,3)4/h2*6,17,21H,2-5,16H2,1H3;2-3,10H,9H2,1H3;1-4,8-9H2;1H3,(H,2,3,4). The second-order valence-electron chi connectivity index (χ2n) is 16.6. The van der Waals surface area contributed by atoms with Gasteiger partial charge < -0.3 is 44.0 Å². The predicted molar refractivity (Wildman–Crippen MR) is 276 cm³/mol. The molecule has 4 saturated heterocycles. The highest BCUT2D eigenvalue weighted by molar-refractivity contribution is 7.85. The van der Waals surface area contributed by atoms with Crippen molar-refractivity contribution in [2.75, 3.05) is 61.1 Å². The summed E-state index contributed by atoms with van der Waals surface area (Å²) in [5.74, 6) is -0.163. The fourth-order valence-corrected chi connectivity index (χ4v) is 8.26. The van der Waals surface area contributed by atoms with Crippen molar-refractivity contribution in [3.05, 3.63) is 66.4 Å². The van der Waals surface area contributed by atoms with E-state index in [9.17, 15) is 38.1 Å². The van der Waals surface area contributed by atoms with Gasteiger partial charge in [-0.2, -0.15) is 8.42 Å². The van der Waals surface area contributed by atoms with E-state index in [0.29, 0.717) is 55.1 Å². The lowest BCUT2D eigenvalue weighted by Gasteiger charge is -2.32. The molecule has 9 rings (SSSR count). The molecule has 2 amide bonds. The van der Waals surface area contributed by atoms with Crippen molar-refractivity contribution < 1.29 is 37.9 Å². The molecule has 4 fully saturated rings. The van der Waals surface area contributed by atoms with Crippen molar-refractivity contribution >= 4 is 120 Å². The number of carbonyl (C=O) groups is 2. The van der Waals surface area contributed by atoms with Crippen LogP contribution < -0.4 is 34.2 Å². The monoisotopic (exact) mass is 1060 g/mol. The fourth-order valence-electron chi connectivity index (χ4n) is 7.55. The van der Waals surface area contributed by atoms with Crippen LogP contribution in [0, 0.1) is 31.6 Å². The van der Waals surface area contributed by atoms with Crippen molar-refractivity contribution in [3.63, 3.8) is 0 Å². The molecule has 1 aromatic heterocycles. The summed E-state index contributed by atoms with van der Waals surface area (Å²) < 4.78 is 29.3. The maximum Gasteiger partial charge on any atom is 0.294 e. The Morgan fingerprint density at radius 3 is 1.28 bits per heavy atom. The highest BCUT2D eigenvalue weighted by atomic mass is 35.5. The Morgan fingerprint density at radius 1 is 0.563 bits per heavy atom. The molecule has 28 heteroatoms. The number of aromatic nitrogens is 2. The molecule has 3 aromatic carbocycles. The van der Waals surface area contributed by atoms with Crippen LogP contribution in [0.25, 0.3) is 0 Å². The zero-order valence-electron chi connectivity index (χ0n) is 39.1. The number of aromatic hydroxyl groups is 3. The highest BCUT2D eigenvalue weighted by Crippen LogP contribution is 2.41. The van der Waals surface area contributed by atoms with Crippen LogP contribution in [0.4, 0.5) is 39.9 Å². The molecule has 0 bridgehead atoms. The van der Waals surface area contributed by atoms with Crippen LogP contribution in [0.5, 0.6) is 17.2 Å². The molecule has 0 spiro atoms. The van der Waals surface area contributed by atoms with Crippen LogP contribution >= 0.6 is 34.8 Å². The van der Waals surface area contributed by atoms with Gasteiger partial charge in [0, 0.05) is 39.3 Å². The van der Waals surface area contributed by atoms with E-state index < -0.39 is 10.1 Å². The van der Waals surface area contributed by atoms with E-state index in [-0.39, 0.29) is 101 Å². The Hall–Kier alpha value is -6.93. The number of hydrogen-bond acceptors (Lipinski definition) is 17. The SMILES string of the molecule is CS(=O)(=O)O.Cc1cc(N=C2C(=N)N3CCCCN3C2=O)c(N)c(Cl)c1O.Cc1cc(N=C2C(=N)N3CCCCN3C2=O)c(N)c(Cl)c1O.Cc1ccc(N)c(Cl)c1O.Nc1c(N)n2n(c1=O)CCCC2. The molecule has 6 heterocycles. The molecule has 0 aliphatic carbocycles. The number of carbonyl (C=O) groups excluding carboxylic acids is 2. The summed E-state index contributed by atoms with van der Waals surface area (Å²) in [6.45, 7) is 9.08. The molecule has 0 atom stereocenters. The summed E-state index contributed by atoms with van der Waals surface area (Å²) in [6, 6.07) is 6.49. The van der Waals surface area contributed by atoms with E-state index in [0.717, 1.165) is 57.2 Å². The highest BCUT2D eigenvalue weighted by Gasteiger charge is 2.42. The van der Waals surface area contributed by atoms with Crippen molar-refractivity contribution in [1.29, 1.82) is 10.8 Å². The Labute approximate surface area is 423 Å². The molecular weight excluding hydrogens is 1010 g/mol. The number of amides is 2. The lowest BCUT2D eigenvalue weighted by atomic mass is 10.1. The van der Waals surface area contributed by atoms with Gasteiger partial charge in [-0.3, -0.25) is 44.5 Å². The van der Waals surface area contributed by atoms with E-state index >= 15 is 0 Å². The second-order valence-corrected chi connectivity index (χ2v) is 19.2. The van der Waals surface area contributed by atoms with E-state index in [1.165, 1.54) is 10.0 Å². The molecule has 0 saturated carbocycles. The number of amidine groups is 2. The predicted octanol–water partition coefficient (Wildman–Crippen LogP) is 4.73. The molecule has 71 heavy (non-hydrogen) atoms. The Morgan fingerprint density at radius 2 is 0.915 bits per heavy atom. The molecular formula is C43H56Cl3N15O9S. The number of nitrogens with two attached hydrogens (primary N) is 5. The van der Waals surface area contributed by atoms with Gasteiger partial charge in [0.05, 0.1) is 34.7 Å². The number of phenols is 3. The quantitative estimate of drug-likeness (QED) is 0.0955. The van der Waals surface area contributed by atoms with E-state index in [4.69, 9.17) is 78.8 Å². The van der Waals surface area contributed by atoms with Crippen LogP contribution in [0.3, 0.4) is 0 Å². The summed E-state index contributed by atoms with van der Waals surface area (Å²) in [5.41, 5.74) is 31.3. The number of benzene rings is 3. The number of nitrogens with zero attached hydrogens (tertiary/aromatic N) is 8. The lowest BCUT2D eigenvalue weighted by molar-refractivity contribution is -0.135. The van der Waals surface area contributed by atoms with Crippen LogP contribution in [0.2, 0.25) is 15.1 Å². The van der Waals surface area contributed by atoms with Gasteiger partial charge in [-0.1, -0.05) is 40.9 Å². The molecule has 24 nitrogen and oxygen atoms in total. The molecule has 5 aliphatic heterocycles. The number of aliphatic imine (C=N–C) groups is 2. The number of rotatable bonds is 2. The van der Waals surface area contributed by atoms with Crippen LogP contribution in [0.1, 0.15) is 55.2 Å². The van der Waals surface area contributed by atoms with Gasteiger partial charge in [-0.15, -0.1) is 0 Å². The Balaban J connectivity index is 0.000000178. The minimum absolute atomic E-state index is 0.00866. The summed E-state index contributed by atoms with van der Waals surface area (Å²) in [4.78, 5) is 44.6. The van der Waals surface area contributed by atoms with Gasteiger partial charge in [-0.25, -0.2) is 24.7 Å². The van der Waals surface area contributed by atoms with Gasteiger partial charge in [0.15, 0.2) is 23.1 Å². The van der Waals surface area contributed by atoms with Crippen LogP contribution in [0.15, 0.2) is 39.0 Å². The fraction of sp³-hybridized carbons (Fsp3) is 0.372. The number of hydrazine groups is 2. The topological polar surface area (TPSA) is 392 Å². The summed E-state index contributed by atoms with van der Waals surface area (Å²) >= 11 is 17.5. The van der Waals surface area contributed by atoms with Gasteiger partial charge in [0.25, 0.3) is 27.5 Å². The molecule has 16 N–H and O–H groups in total. The first kappa shape index (κ1) is 55.0. The van der Waals surface area contributed by atoms with E-state index in [2.05, 4.69) is 9.98 Å². The molecule has 5 aliphatic rings. The molecule has 384 valence electrons. The number of halogens is 3. The zero-order valence-corrected chi connectivity index (χ0v) is 42.2. The number of aryl methyl sites for hydroxylation is 3. The minimum Gasteiger partial charge on any atom is -0.506 e. The first-order chi connectivity index (χ1) is 33.2. The number of phenolic OH excluding ortho intramolecular Hbond substituents is 3. The maximum absolute atomic E-state index is 12.4. The summed E-state index contributed by atoms with van der Waals surface area (Å²) in [6.07, 6.45) is 6.51. The summed E-state index contributed by atoms with van der Waals surface area (Å²) in [5, 5.41) is 51.6. The molecule has 0 radical (unpaired) electrons. The Bertz CT molecular complexity index is 2820. The summed E-state index contributed by atoms with van der Waals surface area (Å²) in [7, 11) is -3.67. The first-order valence-electron chi connectivity index (χ1n) is 21.8. The van der Waals surface area contributed by atoms with Gasteiger partial charge in [-0.05, 0) is 94.2 Å². The van der Waals surface area contributed by atoms with Crippen molar-refractivity contribution in [2.45, 2.75) is 72.4 Å². The number of fused-ring (bicyclic) bond motifs is 3. The normalized spacial score (nSPS) is 17.3.